The highest BCUT2D eigenvalue weighted by molar-refractivity contribution is 8.01. The van der Waals surface area contributed by atoms with Gasteiger partial charge in [-0.05, 0) is 72.8 Å². The molecule has 6 heteroatoms. The number of nitrogens with one attached hydrogen (secondary N) is 1. The molecule has 0 aliphatic heterocycles. The fourth-order valence-corrected chi connectivity index (χ4v) is 9.03. The maximum absolute atomic E-state index is 6.61. The first kappa shape index (κ1) is 27.2. The van der Waals surface area contributed by atoms with Crippen molar-refractivity contribution in [3.8, 4) is 17.2 Å². The number of hydrogen-bond donors (Lipinski definition) is 1. The number of halogens is 1. The van der Waals surface area contributed by atoms with E-state index >= 15 is 0 Å². The molecule has 1 N–H and O–H groups in total. The predicted molar refractivity (Wildman–Crippen MR) is 163 cm³/mol. The molecule has 6 aromatic rings. The molecule has 5 aromatic carbocycles. The first-order valence-electron chi connectivity index (χ1n) is 12.8. The third kappa shape index (κ3) is 5.12. The van der Waals surface area contributed by atoms with Crippen LogP contribution in [0, 0.1) is 0 Å². The summed E-state index contributed by atoms with van der Waals surface area (Å²) in [5.41, 5.74) is 2.70. The molecular formula is C34H28ClN2O2P. The Kier molecular flexibility index (Phi) is 8.31. The van der Waals surface area contributed by atoms with Crippen LogP contribution >= 0.6 is 7.26 Å². The molecule has 0 aliphatic carbocycles. The van der Waals surface area contributed by atoms with Gasteiger partial charge in [-0.25, -0.2) is 0 Å². The number of oxazole rings is 1. The van der Waals surface area contributed by atoms with Gasteiger partial charge in [0.25, 0.3) is 11.3 Å². The van der Waals surface area contributed by atoms with Crippen molar-refractivity contribution in [3.05, 3.63) is 146 Å². The zero-order valence-corrected chi connectivity index (χ0v) is 23.6. The third-order valence-electron chi connectivity index (χ3n) is 6.73. The molecule has 0 amide bonds. The van der Waals surface area contributed by atoms with Gasteiger partial charge in [0.1, 0.15) is 21.7 Å². The predicted octanol–water partition coefficient (Wildman–Crippen LogP) is 3.72. The molecule has 1 aromatic heterocycles. The molecule has 0 saturated heterocycles. The van der Waals surface area contributed by atoms with Gasteiger partial charge in [-0.2, -0.15) is 4.98 Å². The van der Waals surface area contributed by atoms with Gasteiger partial charge in [-0.3, -0.25) is 0 Å². The summed E-state index contributed by atoms with van der Waals surface area (Å²) in [6.07, 6.45) is 0. The number of anilines is 2. The van der Waals surface area contributed by atoms with Crippen molar-refractivity contribution < 1.29 is 21.6 Å². The first-order chi connectivity index (χ1) is 19.3. The molecular weight excluding hydrogens is 535 g/mol. The Balaban J connectivity index is 0.00000323. The van der Waals surface area contributed by atoms with Gasteiger partial charge < -0.3 is 26.9 Å². The number of benzene rings is 5. The molecule has 4 nitrogen and oxygen atoms in total. The fraction of sp³-hybridized carbons (Fsp3) is 0.0294. The molecule has 6 rings (SSSR count). The van der Waals surface area contributed by atoms with Crippen molar-refractivity contribution in [2.24, 2.45) is 0 Å². The van der Waals surface area contributed by atoms with Gasteiger partial charge in [0.2, 0.25) is 5.89 Å². The number of nitrogens with zero attached hydrogens (tertiary/aromatic N) is 1. The van der Waals surface area contributed by atoms with Gasteiger partial charge in [0, 0.05) is 11.3 Å². The maximum Gasteiger partial charge on any atom is 0.263 e. The minimum absolute atomic E-state index is 0. The molecule has 198 valence electrons. The van der Waals surface area contributed by atoms with E-state index < -0.39 is 7.26 Å². The summed E-state index contributed by atoms with van der Waals surface area (Å²) in [6.45, 7) is 0. The minimum atomic E-state index is -2.49. The van der Waals surface area contributed by atoms with Gasteiger partial charge in [-0.1, -0.05) is 72.8 Å². The lowest BCUT2D eigenvalue weighted by Gasteiger charge is -2.25. The Morgan fingerprint density at radius 1 is 0.600 bits per heavy atom. The molecule has 0 aliphatic rings. The Labute approximate surface area is 241 Å². The SMILES string of the molecule is COc1ccc(Nc2oc(-c3ccccc3)nc2[P+](c2ccccc2)(c2ccccc2)c2ccccc2)cc1.[Cl-]. The highest BCUT2D eigenvalue weighted by atomic mass is 35.5. The maximum atomic E-state index is 6.61. The van der Waals surface area contributed by atoms with Gasteiger partial charge >= 0.3 is 0 Å². The zero-order valence-electron chi connectivity index (χ0n) is 21.9. The molecule has 0 saturated carbocycles. The van der Waals surface area contributed by atoms with Crippen LogP contribution in [0.2, 0.25) is 0 Å². The van der Waals surface area contributed by atoms with Crippen LogP contribution in [0.3, 0.4) is 0 Å². The average molecular weight is 563 g/mol. The quantitative estimate of drug-likeness (QED) is 0.287. The third-order valence-corrected chi connectivity index (χ3v) is 10.9. The summed E-state index contributed by atoms with van der Waals surface area (Å²) in [5.74, 6) is 2.00. The lowest BCUT2D eigenvalue weighted by Crippen LogP contribution is -3.00. The summed E-state index contributed by atoms with van der Waals surface area (Å²) < 4.78 is 12.0. The van der Waals surface area contributed by atoms with Crippen molar-refractivity contribution in [1.29, 1.82) is 0 Å². The Morgan fingerprint density at radius 3 is 1.50 bits per heavy atom. The number of methoxy groups -OCH3 is 1. The summed E-state index contributed by atoms with van der Waals surface area (Å²) in [4.78, 5) is 5.31. The van der Waals surface area contributed by atoms with E-state index in [0.29, 0.717) is 11.8 Å². The van der Waals surface area contributed by atoms with E-state index in [9.17, 15) is 0 Å². The molecule has 0 spiro atoms. The van der Waals surface area contributed by atoms with E-state index in [1.165, 1.54) is 15.9 Å². The van der Waals surface area contributed by atoms with E-state index in [1.807, 2.05) is 54.6 Å². The summed E-state index contributed by atoms with van der Waals surface area (Å²) in [5, 5.41) is 7.18. The molecule has 40 heavy (non-hydrogen) atoms. The number of rotatable bonds is 8. The minimum Gasteiger partial charge on any atom is -1.00 e. The van der Waals surface area contributed by atoms with Gasteiger partial charge in [0.15, 0.2) is 7.26 Å². The smallest absolute Gasteiger partial charge is 0.263 e. The summed E-state index contributed by atoms with van der Waals surface area (Å²) >= 11 is 0. The normalized spacial score (nSPS) is 10.9. The van der Waals surface area contributed by atoms with Crippen LogP contribution in [-0.2, 0) is 0 Å². The van der Waals surface area contributed by atoms with Crippen molar-refractivity contribution in [2.75, 3.05) is 12.4 Å². The molecule has 0 unspecified atom stereocenters. The van der Waals surface area contributed by atoms with Crippen LogP contribution in [0.25, 0.3) is 11.5 Å². The Morgan fingerprint density at radius 2 is 1.05 bits per heavy atom. The van der Waals surface area contributed by atoms with Crippen LogP contribution in [0.4, 0.5) is 11.6 Å². The number of hydrogen-bond acceptors (Lipinski definition) is 4. The number of aromatic nitrogens is 1. The average Bonchev–Trinajstić information content (AvgIpc) is 3.44. The lowest BCUT2D eigenvalue weighted by molar-refractivity contribution is -0.00000840. The second-order valence-electron chi connectivity index (χ2n) is 9.07. The monoisotopic (exact) mass is 562 g/mol. The Bertz CT molecular complexity index is 1550. The first-order valence-corrected chi connectivity index (χ1v) is 14.6. The molecule has 0 bridgehead atoms. The molecule has 0 fully saturated rings. The standard InChI is InChI=1S/C34H28N2O2P.ClH/c1-37-28-24-22-27(23-25-28)35-33-34(36-32(38-33)26-14-6-2-7-15-26)39(29-16-8-3-9-17-29,30-18-10-4-11-19-30)31-20-12-5-13-21-31;/h2-25,35H,1H3;1H/q+1;/p-1. The highest BCUT2D eigenvalue weighted by Gasteiger charge is 2.53. The fourth-order valence-electron chi connectivity index (χ4n) is 4.90. The van der Waals surface area contributed by atoms with Gasteiger partial charge in [-0.15, -0.1) is 0 Å². The summed E-state index contributed by atoms with van der Waals surface area (Å²) in [6, 6.07) is 50.0. The van der Waals surface area contributed by atoms with Crippen LogP contribution in [0.1, 0.15) is 0 Å². The van der Waals surface area contributed by atoms with E-state index in [0.717, 1.165) is 22.4 Å². The molecule has 1 heterocycles. The Hall–Kier alpha value is -4.37. The van der Waals surface area contributed by atoms with Crippen molar-refractivity contribution >= 4 is 40.2 Å². The molecule has 0 radical (unpaired) electrons. The van der Waals surface area contributed by atoms with Crippen LogP contribution in [0.15, 0.2) is 150 Å². The second-order valence-corrected chi connectivity index (χ2v) is 12.4. The van der Waals surface area contributed by atoms with Crippen LogP contribution < -0.4 is 43.8 Å². The van der Waals surface area contributed by atoms with E-state index in [-0.39, 0.29) is 12.4 Å². The largest absolute Gasteiger partial charge is 1.00 e. The topological polar surface area (TPSA) is 47.3 Å². The van der Waals surface area contributed by atoms with Crippen LogP contribution in [0.5, 0.6) is 5.75 Å². The van der Waals surface area contributed by atoms with E-state index in [1.54, 1.807) is 7.11 Å². The zero-order chi connectivity index (χ0) is 26.5. The second kappa shape index (κ2) is 12.2. The highest BCUT2D eigenvalue weighted by Crippen LogP contribution is 2.56. The van der Waals surface area contributed by atoms with E-state index in [4.69, 9.17) is 14.1 Å². The van der Waals surface area contributed by atoms with Crippen molar-refractivity contribution in [1.82, 2.24) is 4.98 Å². The van der Waals surface area contributed by atoms with Gasteiger partial charge in [0.05, 0.1) is 7.11 Å². The van der Waals surface area contributed by atoms with E-state index in [2.05, 4.69) is 96.3 Å². The molecule has 0 atom stereocenters. The lowest BCUT2D eigenvalue weighted by atomic mass is 10.2. The van der Waals surface area contributed by atoms with Crippen molar-refractivity contribution in [2.45, 2.75) is 0 Å². The van der Waals surface area contributed by atoms with Crippen molar-refractivity contribution in [3.63, 3.8) is 0 Å². The number of ether oxygens (including phenoxy) is 1. The van der Waals surface area contributed by atoms with Crippen LogP contribution in [-0.4, -0.2) is 12.1 Å². The summed E-state index contributed by atoms with van der Waals surface area (Å²) in [7, 11) is -0.819.